The van der Waals surface area contributed by atoms with E-state index in [0.29, 0.717) is 59.9 Å². The number of sulfonamides is 1. The van der Waals surface area contributed by atoms with Crippen molar-refractivity contribution in [2.45, 2.75) is 23.7 Å². The standard InChI is InChI=1S/C22H26FN4O7PS2.C2HF3O2/c1-2-16-17-10-19(32-7-5-24)20(33-8-6-25)11-21(17)36-22(16)37(30,31)27-13-35(28,29)34-15-4-3-14(12-26)18(23)9-15;3-2(4,5)1(6)7/h3-4,9-11,27H,2,5-8,13,24-25H2,1H3,(H,28,29);(H,6,7)/p+1. The third kappa shape index (κ3) is 10.0. The molecule has 8 N–H and O–H groups in total. The number of carbonyl (C=O) groups is 1. The topological polar surface area (TPSA) is 230 Å². The maximum absolute atomic E-state index is 13.8. The average molecular weight is 688 g/mol. The number of nitriles is 1. The van der Waals surface area contributed by atoms with Crippen LogP contribution >= 0.6 is 18.9 Å². The highest BCUT2D eigenvalue weighted by Gasteiger charge is 2.30. The van der Waals surface area contributed by atoms with Crippen molar-refractivity contribution in [3.8, 4) is 23.3 Å². The molecule has 1 heterocycles. The van der Waals surface area contributed by atoms with Crippen LogP contribution in [0.4, 0.5) is 17.6 Å². The molecule has 0 aliphatic heterocycles. The fourth-order valence-electron chi connectivity index (χ4n) is 3.35. The van der Waals surface area contributed by atoms with Gasteiger partial charge in [0.1, 0.15) is 60.4 Å². The van der Waals surface area contributed by atoms with E-state index in [2.05, 4.69) is 16.2 Å². The molecule has 20 heteroatoms. The Labute approximate surface area is 252 Å². The summed E-state index contributed by atoms with van der Waals surface area (Å²) in [5, 5.41) is 18.2. The van der Waals surface area contributed by atoms with Gasteiger partial charge in [0.25, 0.3) is 10.0 Å². The summed E-state index contributed by atoms with van der Waals surface area (Å²) in [5.74, 6) is -3.35. The van der Waals surface area contributed by atoms with Crippen LogP contribution in [-0.4, -0.2) is 58.0 Å². The summed E-state index contributed by atoms with van der Waals surface area (Å²) < 4.78 is 103. The fraction of sp³-hybridized carbons (Fsp3) is 0.333. The monoisotopic (exact) mass is 687 g/mol. The summed E-state index contributed by atoms with van der Waals surface area (Å²) >= 11 is 0.990. The van der Waals surface area contributed by atoms with Crippen molar-refractivity contribution in [1.29, 1.82) is 5.26 Å². The lowest BCUT2D eigenvalue weighted by Gasteiger charge is -2.14. The van der Waals surface area contributed by atoms with Crippen molar-refractivity contribution in [2.24, 2.45) is 0 Å². The summed E-state index contributed by atoms with van der Waals surface area (Å²) in [6.07, 6.45) is -5.79. The molecule has 0 aliphatic carbocycles. The minimum Gasteiger partial charge on any atom is -0.542 e. The first kappa shape index (κ1) is 36.7. The van der Waals surface area contributed by atoms with E-state index in [0.717, 1.165) is 29.5 Å². The van der Waals surface area contributed by atoms with Gasteiger partial charge in [0.05, 0.1) is 5.56 Å². The van der Waals surface area contributed by atoms with Crippen molar-refractivity contribution in [2.75, 3.05) is 32.6 Å². The highest BCUT2D eigenvalue weighted by atomic mass is 32.2. The molecule has 0 spiro atoms. The SMILES string of the molecule is CCc1c(S(=O)(=O)NCP(=O)(O)Oc2ccc(C#N)c(F)c2)sc2cc(OCC[NH3+])c(OCC[NH3+])cc12.O=C([O-])C(F)(F)F. The molecular formula is C24H28F4N4O9PS2+. The van der Waals surface area contributed by atoms with Crippen LogP contribution in [0.1, 0.15) is 18.1 Å². The number of carboxylic acids is 1. The Morgan fingerprint density at radius 3 is 2.20 bits per heavy atom. The third-order valence-electron chi connectivity index (χ3n) is 5.22. The number of carboxylic acid groups (broad SMARTS) is 1. The van der Waals surface area contributed by atoms with Crippen LogP contribution < -0.4 is 35.3 Å². The number of aryl methyl sites for hydroxylation is 1. The van der Waals surface area contributed by atoms with Gasteiger partial charge in [-0.1, -0.05) is 6.92 Å². The number of hydrogen-bond acceptors (Lipinski definition) is 10. The number of hydrogen-bond donors (Lipinski definition) is 4. The molecule has 1 aromatic heterocycles. The molecule has 3 rings (SSSR count). The molecule has 1 unspecified atom stereocenters. The Morgan fingerprint density at radius 1 is 1.16 bits per heavy atom. The highest BCUT2D eigenvalue weighted by molar-refractivity contribution is 7.92. The highest BCUT2D eigenvalue weighted by Crippen LogP contribution is 2.44. The molecule has 0 amide bonds. The Hall–Kier alpha value is -3.50. The van der Waals surface area contributed by atoms with Crippen molar-refractivity contribution in [3.63, 3.8) is 0 Å². The van der Waals surface area contributed by atoms with Gasteiger partial charge in [-0.05, 0) is 30.2 Å². The molecule has 0 saturated heterocycles. The molecule has 2 aromatic carbocycles. The average Bonchev–Trinajstić information content (AvgIpc) is 3.31. The van der Waals surface area contributed by atoms with Gasteiger partial charge in [-0.3, -0.25) is 0 Å². The van der Waals surface area contributed by atoms with Gasteiger partial charge in [-0.25, -0.2) is 17.4 Å². The van der Waals surface area contributed by atoms with E-state index in [9.17, 15) is 35.4 Å². The number of nitrogens with one attached hydrogen (secondary N) is 1. The van der Waals surface area contributed by atoms with E-state index in [4.69, 9.17) is 29.2 Å². The van der Waals surface area contributed by atoms with Crippen LogP contribution in [0, 0.1) is 17.1 Å². The van der Waals surface area contributed by atoms with Gasteiger partial charge in [-0.15, -0.1) is 11.3 Å². The minimum absolute atomic E-state index is 0.0215. The maximum atomic E-state index is 13.8. The van der Waals surface area contributed by atoms with Gasteiger partial charge >= 0.3 is 13.8 Å². The van der Waals surface area contributed by atoms with E-state index in [1.807, 2.05) is 0 Å². The van der Waals surface area contributed by atoms with Crippen LogP contribution in [0.25, 0.3) is 10.1 Å². The number of ether oxygens (including phenoxy) is 2. The molecule has 0 fully saturated rings. The molecule has 1 atom stereocenters. The maximum Gasteiger partial charge on any atom is 0.430 e. The number of aliphatic carboxylic acids is 1. The van der Waals surface area contributed by atoms with Crippen molar-refractivity contribution in [3.05, 3.63) is 47.3 Å². The largest absolute Gasteiger partial charge is 0.542 e. The summed E-state index contributed by atoms with van der Waals surface area (Å²) in [5.41, 5.74) is 7.76. The molecule has 13 nitrogen and oxygen atoms in total. The first-order chi connectivity index (χ1) is 20.5. The van der Waals surface area contributed by atoms with E-state index >= 15 is 0 Å². The summed E-state index contributed by atoms with van der Waals surface area (Å²) in [6, 6.07) is 8.05. The van der Waals surface area contributed by atoms with Gasteiger partial charge in [0.15, 0.2) is 11.5 Å². The lowest BCUT2D eigenvalue weighted by Crippen LogP contribution is -2.53. The lowest BCUT2D eigenvalue weighted by molar-refractivity contribution is -0.372. The molecule has 0 saturated carbocycles. The Kier molecular flexibility index (Phi) is 12.9. The number of carbonyl (C=O) groups excluding carboxylic acids is 1. The zero-order valence-corrected chi connectivity index (χ0v) is 25.5. The van der Waals surface area contributed by atoms with Crippen molar-refractivity contribution in [1.82, 2.24) is 4.72 Å². The van der Waals surface area contributed by atoms with Crippen LogP contribution in [0.15, 0.2) is 34.5 Å². The second kappa shape index (κ2) is 15.5. The van der Waals surface area contributed by atoms with E-state index in [-0.39, 0.29) is 15.5 Å². The van der Waals surface area contributed by atoms with Crippen LogP contribution in [0.3, 0.4) is 0 Å². The van der Waals surface area contributed by atoms with Gasteiger partial charge < -0.3 is 40.3 Å². The zero-order valence-electron chi connectivity index (χ0n) is 23.0. The zero-order chi connectivity index (χ0) is 33.3. The summed E-state index contributed by atoms with van der Waals surface area (Å²) in [7, 11) is -8.79. The minimum atomic E-state index is -5.19. The Morgan fingerprint density at radius 2 is 1.73 bits per heavy atom. The molecule has 0 bridgehead atoms. The van der Waals surface area contributed by atoms with Crippen molar-refractivity contribution < 1.29 is 70.8 Å². The number of benzene rings is 2. The second-order valence-corrected chi connectivity index (χ2v) is 13.3. The summed E-state index contributed by atoms with van der Waals surface area (Å²) in [6.45, 7) is 3.54. The quantitative estimate of drug-likeness (QED) is 0.144. The van der Waals surface area contributed by atoms with E-state index < -0.39 is 41.9 Å². The predicted octanol–water partition coefficient (Wildman–Crippen LogP) is 0.515. The van der Waals surface area contributed by atoms with E-state index in [1.54, 1.807) is 25.1 Å². The van der Waals surface area contributed by atoms with Gasteiger partial charge in [0, 0.05) is 22.2 Å². The van der Waals surface area contributed by atoms with Crippen LogP contribution in [-0.2, 0) is 25.8 Å². The number of fused-ring (bicyclic) bond motifs is 1. The Bertz CT molecular complexity index is 1680. The molecule has 242 valence electrons. The third-order valence-corrected chi connectivity index (χ3v) is 9.64. The number of rotatable bonds is 13. The van der Waals surface area contributed by atoms with E-state index in [1.165, 1.54) is 0 Å². The van der Waals surface area contributed by atoms with Crippen molar-refractivity contribution >= 4 is 45.0 Å². The Balaban J connectivity index is 0.000000860. The fourth-order valence-corrected chi connectivity index (χ4v) is 7.82. The predicted molar refractivity (Wildman–Crippen MR) is 146 cm³/mol. The molecule has 3 aromatic rings. The van der Waals surface area contributed by atoms with Crippen LogP contribution in [0.5, 0.6) is 17.2 Å². The molecule has 0 aliphatic rings. The first-order valence-electron chi connectivity index (χ1n) is 12.4. The normalized spacial score (nSPS) is 12.9. The number of thiophene rings is 1. The number of quaternary nitrogens is 2. The first-order valence-corrected chi connectivity index (χ1v) is 16.5. The van der Waals surface area contributed by atoms with Gasteiger partial charge in [0.2, 0.25) is 0 Å². The number of halogens is 4. The number of alkyl halides is 3. The molecular weight excluding hydrogens is 659 g/mol. The lowest BCUT2D eigenvalue weighted by atomic mass is 10.1. The molecule has 44 heavy (non-hydrogen) atoms. The second-order valence-electron chi connectivity index (χ2n) is 8.49. The smallest absolute Gasteiger partial charge is 0.430 e. The molecule has 0 radical (unpaired) electrons. The van der Waals surface area contributed by atoms with Gasteiger partial charge in [-0.2, -0.15) is 23.2 Å². The van der Waals surface area contributed by atoms with Crippen LogP contribution in [0.2, 0.25) is 0 Å². The number of nitrogens with zero attached hydrogens (tertiary/aromatic N) is 1. The summed E-state index contributed by atoms with van der Waals surface area (Å²) in [4.78, 5) is 19.0.